The van der Waals surface area contributed by atoms with Gasteiger partial charge in [0.15, 0.2) is 11.5 Å². The molecule has 0 bridgehead atoms. The lowest BCUT2D eigenvalue weighted by Gasteiger charge is -2.05. The smallest absolute Gasteiger partial charge is 0.240 e. The number of rotatable bonds is 2. The maximum atomic E-state index is 10.8. The quantitative estimate of drug-likeness (QED) is 0.751. The number of amides is 1. The molecule has 2 rings (SSSR count). The van der Waals surface area contributed by atoms with Crippen molar-refractivity contribution in [2.75, 3.05) is 6.79 Å². The van der Waals surface area contributed by atoms with Crippen molar-refractivity contribution in [3.8, 4) is 11.5 Å². The lowest BCUT2D eigenvalue weighted by Crippen LogP contribution is -2.16. The van der Waals surface area contributed by atoms with Crippen molar-refractivity contribution in [3.63, 3.8) is 0 Å². The summed E-state index contributed by atoms with van der Waals surface area (Å²) in [6.45, 7) is 0.197. The second kappa shape index (κ2) is 3.38. The van der Waals surface area contributed by atoms with Gasteiger partial charge >= 0.3 is 0 Å². The van der Waals surface area contributed by atoms with E-state index in [2.05, 4.69) is 0 Å². The van der Waals surface area contributed by atoms with Crippen molar-refractivity contribution in [3.05, 3.63) is 23.8 Å². The van der Waals surface area contributed by atoms with Crippen LogP contribution in [0.4, 0.5) is 0 Å². The number of primary amides is 1. The van der Waals surface area contributed by atoms with Crippen molar-refractivity contribution in [2.24, 2.45) is 5.73 Å². The average Bonchev–Trinajstić information content (AvgIpc) is 2.62. The molecule has 1 aromatic rings. The van der Waals surface area contributed by atoms with Crippen LogP contribution in [-0.4, -0.2) is 12.7 Å². The molecule has 0 saturated carbocycles. The summed E-state index contributed by atoms with van der Waals surface area (Å²) < 4.78 is 10.2. The van der Waals surface area contributed by atoms with Gasteiger partial charge in [0.2, 0.25) is 12.7 Å². The summed E-state index contributed by atoms with van der Waals surface area (Å²) in [6.07, 6.45) is 0. The highest BCUT2D eigenvalue weighted by molar-refractivity contribution is 6.30. The number of ether oxygens (including phenoxy) is 2. The van der Waals surface area contributed by atoms with Crippen LogP contribution >= 0.6 is 11.6 Å². The van der Waals surface area contributed by atoms with Crippen LogP contribution in [0, 0.1) is 0 Å². The molecule has 0 radical (unpaired) electrons. The number of fused-ring (bicyclic) bond motifs is 1. The first-order valence-electron chi connectivity index (χ1n) is 4.01. The van der Waals surface area contributed by atoms with E-state index in [-0.39, 0.29) is 6.79 Å². The summed E-state index contributed by atoms with van der Waals surface area (Å²) in [6, 6.07) is 5.05. The number of nitrogens with two attached hydrogens (primary N) is 1. The molecule has 0 aromatic heterocycles. The highest BCUT2D eigenvalue weighted by Crippen LogP contribution is 2.35. The van der Waals surface area contributed by atoms with Crippen molar-refractivity contribution < 1.29 is 14.3 Å². The number of hydrogen-bond donors (Lipinski definition) is 1. The van der Waals surface area contributed by atoms with Crippen LogP contribution in [0.2, 0.25) is 0 Å². The molecule has 2 N–H and O–H groups in total. The highest BCUT2D eigenvalue weighted by atomic mass is 35.5. The zero-order valence-electron chi connectivity index (χ0n) is 7.20. The zero-order valence-corrected chi connectivity index (χ0v) is 7.95. The predicted molar refractivity (Wildman–Crippen MR) is 50.4 cm³/mol. The van der Waals surface area contributed by atoms with Crippen molar-refractivity contribution in [1.29, 1.82) is 0 Å². The molecule has 0 saturated heterocycles. The lowest BCUT2D eigenvalue weighted by molar-refractivity contribution is -0.117. The van der Waals surface area contributed by atoms with Crippen molar-refractivity contribution in [1.82, 2.24) is 0 Å². The Labute approximate surface area is 85.6 Å². The Morgan fingerprint density at radius 2 is 2.14 bits per heavy atom. The number of hydrogen-bond acceptors (Lipinski definition) is 3. The minimum atomic E-state index is -0.829. The van der Waals surface area contributed by atoms with Crippen LogP contribution in [0.25, 0.3) is 0 Å². The number of benzene rings is 1. The fourth-order valence-corrected chi connectivity index (χ4v) is 1.37. The normalized spacial score (nSPS) is 15.2. The van der Waals surface area contributed by atoms with E-state index < -0.39 is 11.3 Å². The van der Waals surface area contributed by atoms with E-state index in [9.17, 15) is 4.79 Å². The fraction of sp³-hybridized carbons (Fsp3) is 0.222. The molecule has 1 aromatic carbocycles. The molecule has 1 atom stereocenters. The molecule has 14 heavy (non-hydrogen) atoms. The molecule has 1 amide bonds. The van der Waals surface area contributed by atoms with E-state index in [0.717, 1.165) is 0 Å². The third-order valence-electron chi connectivity index (χ3n) is 1.94. The molecule has 74 valence electrons. The number of halogens is 1. The summed E-state index contributed by atoms with van der Waals surface area (Å²) in [7, 11) is 0. The number of carbonyl (C=O) groups is 1. The van der Waals surface area contributed by atoms with Crippen LogP contribution in [-0.2, 0) is 4.79 Å². The van der Waals surface area contributed by atoms with E-state index in [1.54, 1.807) is 18.2 Å². The number of alkyl halides is 1. The van der Waals surface area contributed by atoms with Gasteiger partial charge in [0.05, 0.1) is 0 Å². The van der Waals surface area contributed by atoms with Gasteiger partial charge in [0.25, 0.3) is 0 Å². The SMILES string of the molecule is NC(=O)[C@H](Cl)c1ccc2c(c1)OCO2. The largest absolute Gasteiger partial charge is 0.454 e. The monoisotopic (exact) mass is 213 g/mol. The highest BCUT2D eigenvalue weighted by Gasteiger charge is 2.19. The summed E-state index contributed by atoms with van der Waals surface area (Å²) in [5.74, 6) is 0.669. The van der Waals surface area contributed by atoms with Gasteiger partial charge in [-0.25, -0.2) is 0 Å². The molecule has 0 unspecified atom stereocenters. The molecule has 0 spiro atoms. The van der Waals surface area contributed by atoms with Gasteiger partial charge in [-0.3, -0.25) is 4.79 Å². The Morgan fingerprint density at radius 3 is 2.86 bits per heavy atom. The minimum Gasteiger partial charge on any atom is -0.454 e. The molecule has 1 aliphatic rings. The zero-order chi connectivity index (χ0) is 10.1. The molecular formula is C9H8ClNO3. The molecule has 4 nitrogen and oxygen atoms in total. The first-order chi connectivity index (χ1) is 6.68. The van der Waals surface area contributed by atoms with Crippen molar-refractivity contribution >= 4 is 17.5 Å². The minimum absolute atomic E-state index is 0.197. The van der Waals surface area contributed by atoms with Crippen LogP contribution in [0.15, 0.2) is 18.2 Å². The van der Waals surface area contributed by atoms with Crippen LogP contribution in [0.1, 0.15) is 10.9 Å². The van der Waals surface area contributed by atoms with Gasteiger partial charge in [-0.15, -0.1) is 11.6 Å². The molecule has 5 heteroatoms. The predicted octanol–water partition coefficient (Wildman–Crippen LogP) is 1.18. The summed E-state index contributed by atoms with van der Waals surface area (Å²) in [4.78, 5) is 10.8. The maximum Gasteiger partial charge on any atom is 0.240 e. The summed E-state index contributed by atoms with van der Waals surface area (Å²) >= 11 is 5.77. The van der Waals surface area contributed by atoms with Gasteiger partial charge in [-0.1, -0.05) is 6.07 Å². The lowest BCUT2D eigenvalue weighted by atomic mass is 10.1. The fourth-order valence-electron chi connectivity index (χ4n) is 1.24. The van der Waals surface area contributed by atoms with E-state index in [1.165, 1.54) is 0 Å². The van der Waals surface area contributed by atoms with Gasteiger partial charge in [-0.2, -0.15) is 0 Å². The maximum absolute atomic E-state index is 10.8. The van der Waals surface area contributed by atoms with E-state index >= 15 is 0 Å². The Bertz CT molecular complexity index is 380. The second-order valence-electron chi connectivity index (χ2n) is 2.88. The molecule has 0 aliphatic carbocycles. The summed E-state index contributed by atoms with van der Waals surface area (Å²) in [5, 5.41) is -0.829. The standard InChI is InChI=1S/C9H8ClNO3/c10-8(9(11)12)5-1-2-6-7(3-5)14-4-13-6/h1-3,8H,4H2,(H2,11,12)/t8-/m1/s1. The molecule has 1 heterocycles. The second-order valence-corrected chi connectivity index (χ2v) is 3.31. The molecular weight excluding hydrogens is 206 g/mol. The number of carbonyl (C=O) groups excluding carboxylic acids is 1. The van der Waals surface area contributed by atoms with Crippen LogP contribution in [0.5, 0.6) is 11.5 Å². The Balaban J connectivity index is 2.33. The van der Waals surface area contributed by atoms with E-state index in [4.69, 9.17) is 26.8 Å². The van der Waals surface area contributed by atoms with Gasteiger partial charge in [0, 0.05) is 0 Å². The van der Waals surface area contributed by atoms with Gasteiger partial charge < -0.3 is 15.2 Å². The first kappa shape index (κ1) is 9.15. The van der Waals surface area contributed by atoms with Gasteiger partial charge in [0.1, 0.15) is 5.38 Å². The Kier molecular flexibility index (Phi) is 2.21. The average molecular weight is 214 g/mol. The Morgan fingerprint density at radius 1 is 1.43 bits per heavy atom. The van der Waals surface area contributed by atoms with Crippen molar-refractivity contribution in [2.45, 2.75) is 5.38 Å². The topological polar surface area (TPSA) is 61.6 Å². The third-order valence-corrected chi connectivity index (χ3v) is 2.41. The Hall–Kier alpha value is -1.42. The molecule has 1 aliphatic heterocycles. The first-order valence-corrected chi connectivity index (χ1v) is 4.45. The summed E-state index contributed by atoms with van der Waals surface area (Å²) in [5.41, 5.74) is 5.68. The van der Waals surface area contributed by atoms with Gasteiger partial charge in [-0.05, 0) is 17.7 Å². The van der Waals surface area contributed by atoms with E-state index in [1.807, 2.05) is 0 Å². The van der Waals surface area contributed by atoms with Crippen LogP contribution < -0.4 is 15.2 Å². The third kappa shape index (κ3) is 1.48. The van der Waals surface area contributed by atoms with Crippen LogP contribution in [0.3, 0.4) is 0 Å². The van der Waals surface area contributed by atoms with E-state index in [0.29, 0.717) is 17.1 Å². The molecule has 0 fully saturated rings.